The van der Waals surface area contributed by atoms with Crippen LogP contribution in [-0.4, -0.2) is 10.2 Å². The largest absolute Gasteiger partial charge is 0.504 e. The van der Waals surface area contributed by atoms with E-state index >= 15 is 0 Å². The first-order chi connectivity index (χ1) is 10.0. The van der Waals surface area contributed by atoms with Gasteiger partial charge in [0.05, 0.1) is 4.90 Å². The highest BCUT2D eigenvalue weighted by Crippen LogP contribution is 2.39. The Hall–Kier alpha value is -2.40. The van der Waals surface area contributed by atoms with E-state index in [-0.39, 0.29) is 17.1 Å². The molecule has 0 aliphatic rings. The van der Waals surface area contributed by atoms with Crippen molar-refractivity contribution in [2.75, 3.05) is 0 Å². The minimum absolute atomic E-state index is 0.159. The number of hydrogen-bond donors (Lipinski definition) is 2. The van der Waals surface area contributed by atoms with Gasteiger partial charge in [0.1, 0.15) is 5.58 Å². The maximum atomic E-state index is 11.4. The molecule has 106 valence electrons. The van der Waals surface area contributed by atoms with Crippen molar-refractivity contribution in [2.45, 2.75) is 16.7 Å². The summed E-state index contributed by atoms with van der Waals surface area (Å²) in [7, 11) is 0. The van der Waals surface area contributed by atoms with Crippen LogP contribution in [0.15, 0.2) is 61.5 Å². The van der Waals surface area contributed by atoms with E-state index in [9.17, 15) is 15.0 Å². The van der Waals surface area contributed by atoms with Gasteiger partial charge < -0.3 is 14.6 Å². The maximum absolute atomic E-state index is 11.4. The van der Waals surface area contributed by atoms with Crippen LogP contribution in [0.2, 0.25) is 0 Å². The van der Waals surface area contributed by atoms with Gasteiger partial charge in [-0.25, -0.2) is 4.79 Å². The van der Waals surface area contributed by atoms with Crippen LogP contribution in [-0.2, 0) is 0 Å². The van der Waals surface area contributed by atoms with E-state index in [0.717, 1.165) is 15.8 Å². The molecule has 0 saturated carbocycles. The highest BCUT2D eigenvalue weighted by molar-refractivity contribution is 7.99. The van der Waals surface area contributed by atoms with Gasteiger partial charge in [-0.1, -0.05) is 17.8 Å². The molecule has 0 aliphatic heterocycles. The van der Waals surface area contributed by atoms with Crippen LogP contribution >= 0.6 is 11.8 Å². The Kier molecular flexibility index (Phi) is 3.35. The molecule has 0 bridgehead atoms. The minimum Gasteiger partial charge on any atom is -0.504 e. The second-order valence-electron chi connectivity index (χ2n) is 4.63. The number of aryl methyl sites for hydroxylation is 1. The van der Waals surface area contributed by atoms with Crippen LogP contribution in [0.4, 0.5) is 0 Å². The molecule has 1 aromatic heterocycles. The smallest absolute Gasteiger partial charge is 0.336 e. The Labute approximate surface area is 124 Å². The third-order valence-corrected chi connectivity index (χ3v) is 4.17. The van der Waals surface area contributed by atoms with Crippen molar-refractivity contribution in [2.24, 2.45) is 0 Å². The number of phenolic OH excluding ortho intramolecular Hbond substituents is 2. The van der Waals surface area contributed by atoms with Crippen molar-refractivity contribution in [1.82, 2.24) is 0 Å². The van der Waals surface area contributed by atoms with Crippen molar-refractivity contribution in [3.8, 4) is 11.5 Å². The van der Waals surface area contributed by atoms with Crippen LogP contribution in [0.25, 0.3) is 11.0 Å². The monoisotopic (exact) mass is 300 g/mol. The zero-order valence-electron chi connectivity index (χ0n) is 11.2. The highest BCUT2D eigenvalue weighted by atomic mass is 32.2. The van der Waals surface area contributed by atoms with Crippen LogP contribution in [0.1, 0.15) is 5.56 Å². The van der Waals surface area contributed by atoms with Crippen molar-refractivity contribution < 1.29 is 14.6 Å². The molecule has 2 N–H and O–H groups in total. The fourth-order valence-electron chi connectivity index (χ4n) is 2.09. The molecular weight excluding hydrogens is 288 g/mol. The van der Waals surface area contributed by atoms with Crippen molar-refractivity contribution in [1.29, 1.82) is 0 Å². The van der Waals surface area contributed by atoms with E-state index in [1.807, 2.05) is 19.1 Å². The van der Waals surface area contributed by atoms with Crippen molar-refractivity contribution in [3.05, 3.63) is 58.4 Å². The van der Waals surface area contributed by atoms with E-state index in [2.05, 4.69) is 0 Å². The fourth-order valence-corrected chi connectivity index (χ4v) is 2.99. The number of aromatic hydroxyl groups is 2. The van der Waals surface area contributed by atoms with Crippen LogP contribution < -0.4 is 5.63 Å². The Bertz CT molecular complexity index is 883. The number of fused-ring (bicyclic) bond motifs is 1. The summed E-state index contributed by atoms with van der Waals surface area (Å²) in [6.07, 6.45) is 0. The van der Waals surface area contributed by atoms with E-state index in [0.29, 0.717) is 10.5 Å². The summed E-state index contributed by atoms with van der Waals surface area (Å²) in [6, 6.07) is 11.7. The zero-order valence-corrected chi connectivity index (χ0v) is 12.0. The lowest BCUT2D eigenvalue weighted by Crippen LogP contribution is -1.97. The van der Waals surface area contributed by atoms with E-state index < -0.39 is 0 Å². The predicted molar refractivity (Wildman–Crippen MR) is 81.1 cm³/mol. The lowest BCUT2D eigenvalue weighted by atomic mass is 10.1. The molecule has 0 unspecified atom stereocenters. The summed E-state index contributed by atoms with van der Waals surface area (Å²) in [5.41, 5.74) is 0.977. The summed E-state index contributed by atoms with van der Waals surface area (Å²) in [6.45, 7) is 1.85. The van der Waals surface area contributed by atoms with Gasteiger partial charge in [0.25, 0.3) is 0 Å². The molecule has 3 aromatic rings. The maximum Gasteiger partial charge on any atom is 0.336 e. The molecule has 3 rings (SSSR count). The Morgan fingerprint density at radius 2 is 1.90 bits per heavy atom. The van der Waals surface area contributed by atoms with Gasteiger partial charge in [-0.3, -0.25) is 0 Å². The number of phenols is 2. The molecule has 0 fully saturated rings. The number of rotatable bonds is 2. The number of hydrogen-bond acceptors (Lipinski definition) is 5. The van der Waals surface area contributed by atoms with Gasteiger partial charge in [0.2, 0.25) is 0 Å². The minimum atomic E-state index is -0.387. The zero-order chi connectivity index (χ0) is 15.0. The molecule has 0 radical (unpaired) electrons. The van der Waals surface area contributed by atoms with Gasteiger partial charge in [0.15, 0.2) is 11.5 Å². The average Bonchev–Trinajstić information content (AvgIpc) is 2.43. The normalized spacial score (nSPS) is 10.9. The molecule has 0 aliphatic carbocycles. The molecule has 0 spiro atoms. The molecule has 1 heterocycles. The Balaban J connectivity index is 2.05. The quantitative estimate of drug-likeness (QED) is 0.558. The third-order valence-electron chi connectivity index (χ3n) is 3.13. The summed E-state index contributed by atoms with van der Waals surface area (Å²) in [4.78, 5) is 12.8. The van der Waals surface area contributed by atoms with Gasteiger partial charge in [0, 0.05) is 16.3 Å². The first-order valence-corrected chi connectivity index (χ1v) is 7.09. The second kappa shape index (κ2) is 5.18. The van der Waals surface area contributed by atoms with Crippen LogP contribution in [0.3, 0.4) is 0 Å². The van der Waals surface area contributed by atoms with Crippen LogP contribution in [0, 0.1) is 6.92 Å². The lowest BCUT2D eigenvalue weighted by Gasteiger charge is -2.07. The Morgan fingerprint density at radius 1 is 1.10 bits per heavy atom. The topological polar surface area (TPSA) is 70.7 Å². The molecule has 5 heteroatoms. The number of benzene rings is 2. The Morgan fingerprint density at radius 3 is 2.71 bits per heavy atom. The lowest BCUT2D eigenvalue weighted by molar-refractivity contribution is 0.395. The summed E-state index contributed by atoms with van der Waals surface area (Å²) >= 11 is 1.28. The van der Waals surface area contributed by atoms with Crippen molar-refractivity contribution >= 4 is 22.7 Å². The molecule has 0 atom stereocenters. The predicted octanol–water partition coefficient (Wildman–Crippen LogP) is 3.66. The molecule has 0 saturated heterocycles. The molecular formula is C16H12O4S. The first kappa shape index (κ1) is 13.6. The van der Waals surface area contributed by atoms with E-state index in [4.69, 9.17) is 4.42 Å². The second-order valence-corrected chi connectivity index (χ2v) is 5.75. The molecule has 2 aromatic carbocycles. The number of para-hydroxylation sites is 1. The third kappa shape index (κ3) is 2.60. The first-order valence-electron chi connectivity index (χ1n) is 6.28. The molecule has 0 amide bonds. The average molecular weight is 300 g/mol. The van der Waals surface area contributed by atoms with Crippen LogP contribution in [0.5, 0.6) is 11.5 Å². The summed E-state index contributed by atoms with van der Waals surface area (Å²) in [5.74, 6) is -0.323. The van der Waals surface area contributed by atoms with E-state index in [1.165, 1.54) is 23.9 Å². The van der Waals surface area contributed by atoms with Gasteiger partial charge in [-0.05, 0) is 42.8 Å². The van der Waals surface area contributed by atoms with Gasteiger partial charge in [-0.2, -0.15) is 0 Å². The fraction of sp³-hybridized carbons (Fsp3) is 0.0625. The van der Waals surface area contributed by atoms with Crippen molar-refractivity contribution in [3.63, 3.8) is 0 Å². The standard InChI is InChI=1S/C16H12O4S/c1-9-7-15(18)20-13-8-10(5-6-11(9)13)21-14-4-2-3-12(17)16(14)19/h2-8,17,19H,1H3. The van der Waals surface area contributed by atoms with Gasteiger partial charge in [-0.15, -0.1) is 0 Å². The summed E-state index contributed by atoms with van der Waals surface area (Å²) in [5, 5.41) is 20.2. The van der Waals surface area contributed by atoms with Gasteiger partial charge >= 0.3 is 5.63 Å². The summed E-state index contributed by atoms with van der Waals surface area (Å²) < 4.78 is 5.19. The molecule has 21 heavy (non-hydrogen) atoms. The van der Waals surface area contributed by atoms with E-state index in [1.54, 1.807) is 18.2 Å². The SMILES string of the molecule is Cc1cc(=O)oc2cc(Sc3cccc(O)c3O)ccc12. The molecule has 4 nitrogen and oxygen atoms in total. The highest BCUT2D eigenvalue weighted by Gasteiger charge is 2.09.